The molecule has 0 unspecified atom stereocenters. The summed E-state index contributed by atoms with van der Waals surface area (Å²) in [4.78, 5) is 16.7. The van der Waals surface area contributed by atoms with Crippen molar-refractivity contribution < 1.29 is 4.79 Å². The van der Waals surface area contributed by atoms with E-state index >= 15 is 0 Å². The third-order valence-electron chi connectivity index (χ3n) is 5.05. The van der Waals surface area contributed by atoms with E-state index in [1.165, 1.54) is 11.1 Å². The van der Waals surface area contributed by atoms with E-state index < -0.39 is 0 Å². The number of aromatic amines is 1. The van der Waals surface area contributed by atoms with Gasteiger partial charge in [0, 0.05) is 29.1 Å². The first kappa shape index (κ1) is 16.8. The zero-order chi connectivity index (χ0) is 18.3. The summed E-state index contributed by atoms with van der Waals surface area (Å²) in [7, 11) is 0. The maximum atomic E-state index is 11.9. The van der Waals surface area contributed by atoms with E-state index in [4.69, 9.17) is 4.98 Å². The number of pyridine rings is 1. The summed E-state index contributed by atoms with van der Waals surface area (Å²) in [6.07, 6.45) is 3.56. The summed E-state index contributed by atoms with van der Waals surface area (Å²) < 4.78 is 0. The second-order valence-electron chi connectivity index (χ2n) is 7.33. The average Bonchev–Trinajstić information content (AvgIpc) is 3.36. The number of fused-ring (bicyclic) bond motifs is 1. The van der Waals surface area contributed by atoms with E-state index in [1.54, 1.807) is 0 Å². The highest BCUT2D eigenvalue weighted by atomic mass is 16.1. The summed E-state index contributed by atoms with van der Waals surface area (Å²) in [6, 6.07) is 8.86. The van der Waals surface area contributed by atoms with E-state index in [-0.39, 0.29) is 5.91 Å². The van der Waals surface area contributed by atoms with Crippen molar-refractivity contribution in [1.82, 2.24) is 20.5 Å². The highest BCUT2D eigenvalue weighted by molar-refractivity contribution is 5.86. The van der Waals surface area contributed by atoms with Crippen LogP contribution >= 0.6 is 0 Å². The molecule has 1 amide bonds. The summed E-state index contributed by atoms with van der Waals surface area (Å²) >= 11 is 0. The van der Waals surface area contributed by atoms with Crippen molar-refractivity contribution in [2.24, 2.45) is 0 Å². The van der Waals surface area contributed by atoms with Crippen LogP contribution in [0.2, 0.25) is 0 Å². The molecule has 2 N–H and O–H groups in total. The molecule has 1 aromatic carbocycles. The molecule has 5 heteroatoms. The Morgan fingerprint density at radius 3 is 2.73 bits per heavy atom. The lowest BCUT2D eigenvalue weighted by molar-refractivity contribution is -0.121. The number of aryl methyl sites for hydroxylation is 4. The van der Waals surface area contributed by atoms with Crippen LogP contribution in [0.3, 0.4) is 0 Å². The average molecular weight is 348 g/mol. The van der Waals surface area contributed by atoms with Crippen molar-refractivity contribution in [2.45, 2.75) is 52.5 Å². The van der Waals surface area contributed by atoms with Crippen LogP contribution in [0.1, 0.15) is 41.8 Å². The molecule has 4 rings (SSSR count). The van der Waals surface area contributed by atoms with E-state index in [0.29, 0.717) is 12.5 Å². The minimum Gasteiger partial charge on any atom is -0.353 e. The lowest BCUT2D eigenvalue weighted by Crippen LogP contribution is -2.25. The van der Waals surface area contributed by atoms with Gasteiger partial charge >= 0.3 is 0 Å². The van der Waals surface area contributed by atoms with Crippen molar-refractivity contribution >= 4 is 16.8 Å². The predicted octanol–water partition coefficient (Wildman–Crippen LogP) is 3.76. The van der Waals surface area contributed by atoms with Crippen molar-refractivity contribution in [2.75, 3.05) is 0 Å². The third-order valence-corrected chi connectivity index (χ3v) is 5.05. The number of carbonyl (C=O) groups excluding carboxylic acids is 1. The number of hydrogen-bond donors (Lipinski definition) is 2. The molecule has 0 radical (unpaired) electrons. The number of nitrogens with zero attached hydrogens (tertiary/aromatic N) is 2. The molecule has 134 valence electrons. The molecule has 0 aliphatic heterocycles. The van der Waals surface area contributed by atoms with Crippen LogP contribution in [0.5, 0.6) is 0 Å². The zero-order valence-corrected chi connectivity index (χ0v) is 15.5. The summed E-state index contributed by atoms with van der Waals surface area (Å²) in [5.41, 5.74) is 7.38. The summed E-state index contributed by atoms with van der Waals surface area (Å²) in [5, 5.41) is 11.5. The molecule has 0 spiro atoms. The van der Waals surface area contributed by atoms with Gasteiger partial charge in [-0.15, -0.1) is 0 Å². The number of aromatic nitrogens is 3. The van der Waals surface area contributed by atoms with Crippen LogP contribution in [0.4, 0.5) is 0 Å². The van der Waals surface area contributed by atoms with Crippen LogP contribution in [-0.4, -0.2) is 27.1 Å². The Morgan fingerprint density at radius 2 is 2.04 bits per heavy atom. The van der Waals surface area contributed by atoms with Crippen LogP contribution in [0, 0.1) is 20.8 Å². The molecule has 1 saturated carbocycles. The fourth-order valence-electron chi connectivity index (χ4n) is 3.44. The van der Waals surface area contributed by atoms with Crippen molar-refractivity contribution in [3.63, 3.8) is 0 Å². The summed E-state index contributed by atoms with van der Waals surface area (Å²) in [6.45, 7) is 6.13. The molecule has 0 saturated heterocycles. The lowest BCUT2D eigenvalue weighted by Gasteiger charge is -2.09. The van der Waals surface area contributed by atoms with Crippen LogP contribution in [0.25, 0.3) is 22.2 Å². The van der Waals surface area contributed by atoms with Gasteiger partial charge in [-0.25, -0.2) is 4.98 Å². The number of H-pyrrole nitrogens is 1. The lowest BCUT2D eigenvalue weighted by atomic mass is 10.0. The Kier molecular flexibility index (Phi) is 4.23. The zero-order valence-electron chi connectivity index (χ0n) is 15.5. The molecule has 2 heterocycles. The van der Waals surface area contributed by atoms with Gasteiger partial charge in [0.05, 0.1) is 16.9 Å². The maximum Gasteiger partial charge on any atom is 0.220 e. The molecule has 3 aromatic rings. The summed E-state index contributed by atoms with van der Waals surface area (Å²) in [5.74, 6) is 0.156. The first-order valence-corrected chi connectivity index (χ1v) is 9.23. The highest BCUT2D eigenvalue weighted by Crippen LogP contribution is 2.28. The van der Waals surface area contributed by atoms with E-state index in [9.17, 15) is 4.79 Å². The minimum atomic E-state index is 0.156. The molecule has 0 atom stereocenters. The number of benzene rings is 1. The van der Waals surface area contributed by atoms with Gasteiger partial charge in [-0.05, 0) is 69.4 Å². The first-order chi connectivity index (χ1) is 12.5. The van der Waals surface area contributed by atoms with Gasteiger partial charge in [-0.2, -0.15) is 5.10 Å². The van der Waals surface area contributed by atoms with Gasteiger partial charge in [-0.1, -0.05) is 6.07 Å². The molecular weight excluding hydrogens is 324 g/mol. The van der Waals surface area contributed by atoms with Crippen LogP contribution in [0.15, 0.2) is 24.3 Å². The molecule has 1 aliphatic carbocycles. The molecule has 2 aromatic heterocycles. The van der Waals surface area contributed by atoms with Crippen molar-refractivity contribution in [3.05, 3.63) is 46.8 Å². The normalized spacial score (nSPS) is 14.0. The second kappa shape index (κ2) is 6.56. The van der Waals surface area contributed by atoms with E-state index in [1.807, 2.05) is 13.8 Å². The first-order valence-electron chi connectivity index (χ1n) is 9.23. The van der Waals surface area contributed by atoms with Crippen LogP contribution in [-0.2, 0) is 11.2 Å². The Bertz CT molecular complexity index is 966. The molecular formula is C21H24N4O. The number of amides is 1. The van der Waals surface area contributed by atoms with E-state index in [0.717, 1.165) is 52.8 Å². The maximum absolute atomic E-state index is 11.9. The van der Waals surface area contributed by atoms with Gasteiger partial charge in [0.1, 0.15) is 0 Å². The fraction of sp³-hybridized carbons (Fsp3) is 0.381. The number of rotatable bonds is 5. The molecule has 0 bridgehead atoms. The minimum absolute atomic E-state index is 0.156. The molecule has 5 nitrogen and oxygen atoms in total. The van der Waals surface area contributed by atoms with Crippen molar-refractivity contribution in [1.29, 1.82) is 0 Å². The third kappa shape index (κ3) is 3.34. The van der Waals surface area contributed by atoms with Crippen LogP contribution < -0.4 is 5.32 Å². The van der Waals surface area contributed by atoms with Gasteiger partial charge in [0.15, 0.2) is 0 Å². The predicted molar refractivity (Wildman–Crippen MR) is 103 cm³/mol. The Hall–Kier alpha value is -2.69. The highest BCUT2D eigenvalue weighted by Gasteiger charge is 2.22. The smallest absolute Gasteiger partial charge is 0.220 e. The molecule has 1 fully saturated rings. The number of hydrogen-bond acceptors (Lipinski definition) is 3. The topological polar surface area (TPSA) is 70.7 Å². The van der Waals surface area contributed by atoms with Gasteiger partial charge in [-0.3, -0.25) is 9.89 Å². The number of carbonyl (C=O) groups is 1. The van der Waals surface area contributed by atoms with E-state index in [2.05, 4.69) is 46.7 Å². The standard InChI is InChI=1S/C21H24N4O/c1-12-10-19(21-13(2)24-25-14(21)3)23-18-8-4-15(11-17(12)18)5-9-20(26)22-16-6-7-16/h4,8,10-11,16H,5-7,9H2,1-3H3,(H,22,26)(H,24,25). The Labute approximate surface area is 153 Å². The van der Waals surface area contributed by atoms with Gasteiger partial charge in [0.2, 0.25) is 5.91 Å². The fourth-order valence-corrected chi connectivity index (χ4v) is 3.44. The van der Waals surface area contributed by atoms with Gasteiger partial charge < -0.3 is 5.32 Å². The molecule has 26 heavy (non-hydrogen) atoms. The SMILES string of the molecule is Cc1n[nH]c(C)c1-c1cc(C)c2cc(CCC(=O)NC3CC3)ccc2n1. The number of nitrogens with one attached hydrogen (secondary N) is 2. The second-order valence-corrected chi connectivity index (χ2v) is 7.33. The van der Waals surface area contributed by atoms with Gasteiger partial charge in [0.25, 0.3) is 0 Å². The quantitative estimate of drug-likeness (QED) is 0.737. The Morgan fingerprint density at radius 1 is 1.23 bits per heavy atom. The monoisotopic (exact) mass is 348 g/mol. The van der Waals surface area contributed by atoms with Crippen molar-refractivity contribution in [3.8, 4) is 11.3 Å². The largest absolute Gasteiger partial charge is 0.353 e. The Balaban J connectivity index is 1.59. The molecule has 1 aliphatic rings.